The lowest BCUT2D eigenvalue weighted by molar-refractivity contribution is -0.142. The first-order chi connectivity index (χ1) is 19.0. The van der Waals surface area contributed by atoms with Crippen molar-refractivity contribution in [2.24, 2.45) is 5.73 Å². The number of nitrogens with two attached hydrogens (primary N) is 1. The van der Waals surface area contributed by atoms with Crippen molar-refractivity contribution >= 4 is 16.9 Å². The summed E-state index contributed by atoms with van der Waals surface area (Å²) < 4.78 is 19.4. The lowest BCUT2D eigenvalue weighted by atomic mass is 9.96. The summed E-state index contributed by atoms with van der Waals surface area (Å²) in [5.74, 6) is 0.236. The van der Waals surface area contributed by atoms with Crippen LogP contribution < -0.4 is 5.73 Å². The van der Waals surface area contributed by atoms with Crippen LogP contribution in [0, 0.1) is 0 Å². The summed E-state index contributed by atoms with van der Waals surface area (Å²) in [4.78, 5) is 12.1. The molecule has 0 radical (unpaired) electrons. The second kappa shape index (κ2) is 12.9. The molecule has 0 unspecified atom stereocenters. The highest BCUT2D eigenvalue weighted by molar-refractivity contribution is 5.98. The summed E-state index contributed by atoms with van der Waals surface area (Å²) in [6, 6.07) is 12.5. The number of benzene rings is 2. The number of fused-ring (bicyclic) bond motifs is 1. The molecule has 0 amide bonds. The van der Waals surface area contributed by atoms with Crippen LogP contribution in [0.1, 0.15) is 38.3 Å². The fraction of sp³-hybridized carbons (Fsp3) is 0.250. The predicted octanol–water partition coefficient (Wildman–Crippen LogP) is 6.93. The fourth-order valence-electron chi connectivity index (χ4n) is 4.42. The molecule has 0 fully saturated rings. The zero-order chi connectivity index (χ0) is 27.8. The SMILES string of the molecule is C=C/C(CC(=O)OCC)=C(\C=C/C)OCc1coc2c(-c3cnn(CC)c3)cc(-c3cccc(CN)c3)cc12. The number of esters is 1. The van der Waals surface area contributed by atoms with Gasteiger partial charge in [-0.25, -0.2) is 0 Å². The van der Waals surface area contributed by atoms with E-state index in [-0.39, 0.29) is 19.0 Å². The highest BCUT2D eigenvalue weighted by Gasteiger charge is 2.17. The Morgan fingerprint density at radius 1 is 1.15 bits per heavy atom. The standard InChI is InChI=1S/C32H35N3O4/c1-5-10-30(23(6-2)16-31(36)37-8-4)38-20-27-21-39-32-28(26-18-34-35(7-3)19-26)14-25(15-29(27)32)24-12-9-11-22(13-24)17-33/h5-6,9-15,18-19,21H,2,7-8,16-17,20,33H2,1,3-4H3/b10-5-,30-23-. The summed E-state index contributed by atoms with van der Waals surface area (Å²) in [7, 11) is 0. The molecule has 0 saturated heterocycles. The van der Waals surface area contributed by atoms with Gasteiger partial charge in [0, 0.05) is 46.9 Å². The second-order valence-corrected chi connectivity index (χ2v) is 9.01. The van der Waals surface area contributed by atoms with Crippen LogP contribution in [-0.4, -0.2) is 22.4 Å². The van der Waals surface area contributed by atoms with Gasteiger partial charge >= 0.3 is 5.97 Å². The number of hydrogen-bond acceptors (Lipinski definition) is 6. The highest BCUT2D eigenvalue weighted by atomic mass is 16.5. The van der Waals surface area contributed by atoms with Crippen molar-refractivity contribution in [3.8, 4) is 22.3 Å². The quantitative estimate of drug-likeness (QED) is 0.122. The molecule has 39 heavy (non-hydrogen) atoms. The van der Waals surface area contributed by atoms with E-state index in [1.54, 1.807) is 19.3 Å². The normalized spacial score (nSPS) is 12.1. The minimum absolute atomic E-state index is 0.0797. The van der Waals surface area contributed by atoms with Crippen LogP contribution in [-0.2, 0) is 34.0 Å². The Balaban J connectivity index is 1.78. The van der Waals surface area contributed by atoms with Crippen LogP contribution in [0.4, 0.5) is 0 Å². The van der Waals surface area contributed by atoms with Gasteiger partial charge in [0.15, 0.2) is 0 Å². The zero-order valence-electron chi connectivity index (χ0n) is 22.8. The molecule has 7 nitrogen and oxygen atoms in total. The summed E-state index contributed by atoms with van der Waals surface area (Å²) >= 11 is 0. The lowest BCUT2D eigenvalue weighted by Gasteiger charge is -2.12. The number of hydrogen-bond donors (Lipinski definition) is 1. The zero-order valence-corrected chi connectivity index (χ0v) is 22.8. The Morgan fingerprint density at radius 2 is 2.00 bits per heavy atom. The number of ether oxygens (including phenoxy) is 2. The summed E-state index contributed by atoms with van der Waals surface area (Å²) in [5.41, 5.74) is 13.3. The summed E-state index contributed by atoms with van der Waals surface area (Å²) in [6.45, 7) is 11.4. The van der Waals surface area contributed by atoms with E-state index in [0.29, 0.717) is 24.5 Å². The Hall–Kier alpha value is -4.36. The van der Waals surface area contributed by atoms with E-state index in [1.165, 1.54) is 0 Å². The highest BCUT2D eigenvalue weighted by Crippen LogP contribution is 2.37. The Labute approximate surface area is 229 Å². The monoisotopic (exact) mass is 525 g/mol. The first kappa shape index (κ1) is 27.7. The molecule has 7 heteroatoms. The molecular formula is C32H35N3O4. The average molecular weight is 526 g/mol. The van der Waals surface area contributed by atoms with E-state index in [2.05, 4.69) is 42.9 Å². The number of allylic oxidation sites excluding steroid dienone is 3. The average Bonchev–Trinajstić information content (AvgIpc) is 3.61. The number of aryl methyl sites for hydroxylation is 1. The first-order valence-corrected chi connectivity index (χ1v) is 13.1. The molecular weight excluding hydrogens is 490 g/mol. The van der Waals surface area contributed by atoms with E-state index in [4.69, 9.17) is 19.6 Å². The number of furan rings is 1. The maximum atomic E-state index is 12.1. The number of rotatable bonds is 12. The number of carbonyl (C=O) groups is 1. The maximum absolute atomic E-state index is 12.1. The third-order valence-electron chi connectivity index (χ3n) is 6.42. The molecule has 0 aliphatic carbocycles. The minimum Gasteiger partial charge on any atom is -0.488 e. The Kier molecular flexibility index (Phi) is 9.18. The molecule has 202 valence electrons. The molecule has 2 aromatic heterocycles. The van der Waals surface area contributed by atoms with Gasteiger partial charge < -0.3 is 19.6 Å². The molecule has 4 aromatic rings. The largest absolute Gasteiger partial charge is 0.488 e. The molecule has 0 saturated carbocycles. The maximum Gasteiger partial charge on any atom is 0.310 e. The molecule has 0 atom stereocenters. The minimum atomic E-state index is -0.326. The van der Waals surface area contributed by atoms with Crippen molar-refractivity contribution < 1.29 is 18.7 Å². The molecule has 2 aromatic carbocycles. The molecule has 2 heterocycles. The molecule has 4 rings (SSSR count). The third-order valence-corrected chi connectivity index (χ3v) is 6.42. The summed E-state index contributed by atoms with van der Waals surface area (Å²) in [6.07, 6.45) is 11.0. The van der Waals surface area contributed by atoms with Crippen LogP contribution in [0.2, 0.25) is 0 Å². The fourth-order valence-corrected chi connectivity index (χ4v) is 4.42. The van der Waals surface area contributed by atoms with Crippen LogP contribution in [0.25, 0.3) is 33.2 Å². The first-order valence-electron chi connectivity index (χ1n) is 13.1. The van der Waals surface area contributed by atoms with Crippen molar-refractivity contribution in [2.75, 3.05) is 6.61 Å². The van der Waals surface area contributed by atoms with Crippen LogP contribution in [0.15, 0.2) is 95.6 Å². The van der Waals surface area contributed by atoms with Crippen molar-refractivity contribution in [2.45, 2.75) is 46.9 Å². The van der Waals surface area contributed by atoms with Gasteiger partial charge in [-0.15, -0.1) is 0 Å². The van der Waals surface area contributed by atoms with E-state index in [9.17, 15) is 4.79 Å². The second-order valence-electron chi connectivity index (χ2n) is 9.01. The molecule has 0 aliphatic rings. The van der Waals surface area contributed by atoms with Gasteiger partial charge in [0.1, 0.15) is 17.9 Å². The molecule has 2 N–H and O–H groups in total. The molecule has 0 aliphatic heterocycles. The Bertz CT molecular complexity index is 1520. The van der Waals surface area contributed by atoms with Gasteiger partial charge in [-0.1, -0.05) is 36.9 Å². The van der Waals surface area contributed by atoms with E-state index in [1.807, 2.05) is 48.3 Å². The van der Waals surface area contributed by atoms with E-state index in [0.717, 1.165) is 50.9 Å². The number of carbonyl (C=O) groups excluding carboxylic acids is 1. The Morgan fingerprint density at radius 3 is 2.69 bits per heavy atom. The van der Waals surface area contributed by atoms with Crippen molar-refractivity contribution in [1.29, 1.82) is 0 Å². The van der Waals surface area contributed by atoms with Crippen LogP contribution in [0.5, 0.6) is 0 Å². The van der Waals surface area contributed by atoms with E-state index < -0.39 is 0 Å². The molecule has 0 bridgehead atoms. The van der Waals surface area contributed by atoms with Crippen molar-refractivity contribution in [1.82, 2.24) is 9.78 Å². The van der Waals surface area contributed by atoms with Crippen LogP contribution >= 0.6 is 0 Å². The van der Waals surface area contributed by atoms with Gasteiger partial charge in [-0.05, 0) is 61.7 Å². The smallest absolute Gasteiger partial charge is 0.310 e. The van der Waals surface area contributed by atoms with Gasteiger partial charge in [0.2, 0.25) is 0 Å². The number of nitrogens with zero attached hydrogens (tertiary/aromatic N) is 2. The van der Waals surface area contributed by atoms with Crippen molar-refractivity contribution in [3.63, 3.8) is 0 Å². The lowest BCUT2D eigenvalue weighted by Crippen LogP contribution is -2.06. The van der Waals surface area contributed by atoms with Gasteiger partial charge in [-0.3, -0.25) is 9.48 Å². The number of aromatic nitrogens is 2. The van der Waals surface area contributed by atoms with E-state index >= 15 is 0 Å². The molecule has 0 spiro atoms. The van der Waals surface area contributed by atoms with Gasteiger partial charge in [-0.2, -0.15) is 5.10 Å². The van der Waals surface area contributed by atoms with Gasteiger partial charge in [0.05, 0.1) is 25.5 Å². The summed E-state index contributed by atoms with van der Waals surface area (Å²) in [5, 5.41) is 5.41. The van der Waals surface area contributed by atoms with Crippen LogP contribution in [0.3, 0.4) is 0 Å². The third kappa shape index (κ3) is 6.38. The predicted molar refractivity (Wildman–Crippen MR) is 155 cm³/mol. The topological polar surface area (TPSA) is 92.5 Å². The van der Waals surface area contributed by atoms with Crippen molar-refractivity contribution in [3.05, 3.63) is 102 Å². The van der Waals surface area contributed by atoms with Gasteiger partial charge in [0.25, 0.3) is 0 Å².